The summed E-state index contributed by atoms with van der Waals surface area (Å²) in [7, 11) is 1.37. The van der Waals surface area contributed by atoms with E-state index in [-0.39, 0.29) is 18.2 Å². The Balaban J connectivity index is 1.93. The maximum absolute atomic E-state index is 12.0. The van der Waals surface area contributed by atoms with Gasteiger partial charge in [0.1, 0.15) is 11.5 Å². The molecule has 25 heavy (non-hydrogen) atoms. The minimum Gasteiger partial charge on any atom is -0.494 e. The van der Waals surface area contributed by atoms with Gasteiger partial charge in [-0.25, -0.2) is 4.79 Å². The number of nitro benzene ring substituents is 1. The summed E-state index contributed by atoms with van der Waals surface area (Å²) < 4.78 is 10.6. The lowest BCUT2D eigenvalue weighted by molar-refractivity contribution is -0.384. The van der Waals surface area contributed by atoms with Crippen LogP contribution >= 0.6 is 0 Å². The highest BCUT2D eigenvalue weighted by atomic mass is 16.6. The Morgan fingerprint density at radius 1 is 1.20 bits per heavy atom. The van der Waals surface area contributed by atoms with E-state index in [2.05, 4.69) is 10.6 Å². The van der Waals surface area contributed by atoms with Crippen LogP contribution in [0.25, 0.3) is 0 Å². The van der Waals surface area contributed by atoms with Gasteiger partial charge in [-0.2, -0.15) is 0 Å². The molecule has 0 atom stereocenters. The quantitative estimate of drug-likeness (QED) is 0.455. The van der Waals surface area contributed by atoms with Crippen molar-refractivity contribution in [3.05, 3.63) is 58.1 Å². The van der Waals surface area contributed by atoms with Crippen LogP contribution in [0.5, 0.6) is 11.5 Å². The number of nitrogens with zero attached hydrogens (tertiary/aromatic N) is 1. The SMILES string of the molecule is CCc1ccccc1OCNC(=O)Nc1ccc([N+](=O)[O-])cc1OC. The number of hydrogen-bond donors (Lipinski definition) is 2. The van der Waals surface area contributed by atoms with Crippen molar-refractivity contribution in [3.8, 4) is 11.5 Å². The van der Waals surface area contributed by atoms with Crippen molar-refractivity contribution in [3.63, 3.8) is 0 Å². The first-order chi connectivity index (χ1) is 12.0. The van der Waals surface area contributed by atoms with Crippen LogP contribution in [-0.4, -0.2) is 24.8 Å². The fourth-order valence-electron chi connectivity index (χ4n) is 2.18. The second kappa shape index (κ2) is 8.53. The number of hydrogen-bond acceptors (Lipinski definition) is 5. The van der Waals surface area contributed by atoms with Gasteiger partial charge >= 0.3 is 6.03 Å². The van der Waals surface area contributed by atoms with Crippen LogP contribution in [0.4, 0.5) is 16.2 Å². The molecule has 0 saturated heterocycles. The number of non-ortho nitro benzene ring substituents is 1. The molecule has 0 aliphatic rings. The molecule has 0 aromatic heterocycles. The Bertz CT molecular complexity index is 764. The molecule has 0 heterocycles. The number of aryl methyl sites for hydroxylation is 1. The third-order valence-corrected chi connectivity index (χ3v) is 3.46. The number of para-hydroxylation sites is 1. The molecule has 2 rings (SSSR count). The smallest absolute Gasteiger partial charge is 0.321 e. The first-order valence-electron chi connectivity index (χ1n) is 7.63. The second-order valence-electron chi connectivity index (χ2n) is 5.02. The van der Waals surface area contributed by atoms with E-state index < -0.39 is 11.0 Å². The van der Waals surface area contributed by atoms with Crippen molar-refractivity contribution in [2.24, 2.45) is 0 Å². The number of nitrogens with one attached hydrogen (secondary N) is 2. The van der Waals surface area contributed by atoms with E-state index in [9.17, 15) is 14.9 Å². The number of nitro groups is 1. The first-order valence-corrected chi connectivity index (χ1v) is 7.63. The summed E-state index contributed by atoms with van der Waals surface area (Å²) in [5.74, 6) is 0.903. The van der Waals surface area contributed by atoms with Gasteiger partial charge < -0.3 is 20.1 Å². The Hall–Kier alpha value is -3.29. The highest BCUT2D eigenvalue weighted by Gasteiger charge is 2.13. The number of benzene rings is 2. The predicted molar refractivity (Wildman–Crippen MR) is 93.1 cm³/mol. The standard InChI is InChI=1S/C17H19N3O5/c1-3-12-6-4-5-7-15(12)25-11-18-17(21)19-14-9-8-13(20(22)23)10-16(14)24-2/h4-10H,3,11H2,1-2H3,(H2,18,19,21). The Morgan fingerprint density at radius 3 is 2.64 bits per heavy atom. The van der Waals surface area contributed by atoms with Crippen molar-refractivity contribution in [2.75, 3.05) is 19.2 Å². The lowest BCUT2D eigenvalue weighted by atomic mass is 10.1. The molecule has 0 saturated carbocycles. The molecule has 8 nitrogen and oxygen atoms in total. The molecule has 0 unspecified atom stereocenters. The van der Waals surface area contributed by atoms with Crippen LogP contribution in [0, 0.1) is 10.1 Å². The zero-order valence-electron chi connectivity index (χ0n) is 13.9. The van der Waals surface area contributed by atoms with Crippen LogP contribution in [0.2, 0.25) is 0 Å². The maximum atomic E-state index is 12.0. The van der Waals surface area contributed by atoms with Crippen molar-refractivity contribution in [1.29, 1.82) is 0 Å². The Kier molecular flexibility index (Phi) is 6.16. The zero-order chi connectivity index (χ0) is 18.2. The Labute approximate surface area is 144 Å². The fourth-order valence-corrected chi connectivity index (χ4v) is 2.18. The molecule has 132 valence electrons. The molecular formula is C17H19N3O5. The number of carbonyl (C=O) groups excluding carboxylic acids is 1. The van der Waals surface area contributed by atoms with E-state index in [0.29, 0.717) is 11.4 Å². The fraction of sp³-hybridized carbons (Fsp3) is 0.235. The van der Waals surface area contributed by atoms with Gasteiger partial charge in [0.05, 0.1) is 23.8 Å². The number of anilines is 1. The Morgan fingerprint density at radius 2 is 1.96 bits per heavy atom. The summed E-state index contributed by atoms with van der Waals surface area (Å²) in [5, 5.41) is 15.9. The monoisotopic (exact) mass is 345 g/mol. The molecule has 2 amide bonds. The van der Waals surface area contributed by atoms with Gasteiger partial charge in [0.15, 0.2) is 6.73 Å². The molecule has 0 radical (unpaired) electrons. The summed E-state index contributed by atoms with van der Waals surface area (Å²) in [4.78, 5) is 22.2. The average Bonchev–Trinajstić information content (AvgIpc) is 2.62. The summed E-state index contributed by atoms with van der Waals surface area (Å²) in [6.07, 6.45) is 0.822. The first kappa shape index (κ1) is 18.1. The summed E-state index contributed by atoms with van der Waals surface area (Å²) in [6, 6.07) is 11.0. The van der Waals surface area contributed by atoms with Gasteiger partial charge in [-0.3, -0.25) is 10.1 Å². The number of carbonyl (C=O) groups is 1. The van der Waals surface area contributed by atoms with Gasteiger partial charge in [-0.05, 0) is 24.1 Å². The number of methoxy groups -OCH3 is 1. The van der Waals surface area contributed by atoms with E-state index in [1.807, 2.05) is 31.2 Å². The van der Waals surface area contributed by atoms with Crippen molar-refractivity contribution >= 4 is 17.4 Å². The van der Waals surface area contributed by atoms with E-state index in [1.165, 1.54) is 25.3 Å². The topological polar surface area (TPSA) is 103 Å². The van der Waals surface area contributed by atoms with Crippen LogP contribution < -0.4 is 20.1 Å². The third kappa shape index (κ3) is 4.84. The number of ether oxygens (including phenoxy) is 2. The maximum Gasteiger partial charge on any atom is 0.321 e. The second-order valence-corrected chi connectivity index (χ2v) is 5.02. The predicted octanol–water partition coefficient (Wildman–Crippen LogP) is 3.32. The molecule has 0 bridgehead atoms. The summed E-state index contributed by atoms with van der Waals surface area (Å²) in [6.45, 7) is 2.00. The summed E-state index contributed by atoms with van der Waals surface area (Å²) in [5.41, 5.74) is 1.24. The highest BCUT2D eigenvalue weighted by molar-refractivity contribution is 5.91. The largest absolute Gasteiger partial charge is 0.494 e. The molecule has 0 fully saturated rings. The molecule has 2 N–H and O–H groups in total. The zero-order valence-corrected chi connectivity index (χ0v) is 13.9. The van der Waals surface area contributed by atoms with Gasteiger partial charge in [-0.1, -0.05) is 25.1 Å². The van der Waals surface area contributed by atoms with Crippen LogP contribution in [0.3, 0.4) is 0 Å². The van der Waals surface area contributed by atoms with Crippen LogP contribution in [0.15, 0.2) is 42.5 Å². The number of rotatable bonds is 7. The van der Waals surface area contributed by atoms with E-state index in [1.54, 1.807) is 0 Å². The number of urea groups is 1. The molecule has 2 aromatic rings. The van der Waals surface area contributed by atoms with Crippen molar-refractivity contribution in [2.45, 2.75) is 13.3 Å². The van der Waals surface area contributed by atoms with Gasteiger partial charge in [0.25, 0.3) is 5.69 Å². The lowest BCUT2D eigenvalue weighted by Crippen LogP contribution is -2.32. The minimum atomic E-state index is -0.536. The molecule has 8 heteroatoms. The van der Waals surface area contributed by atoms with Crippen molar-refractivity contribution < 1.29 is 19.2 Å². The molecule has 0 aliphatic heterocycles. The minimum absolute atomic E-state index is 0.0157. The van der Waals surface area contributed by atoms with E-state index in [4.69, 9.17) is 9.47 Å². The molecular weight excluding hydrogens is 326 g/mol. The summed E-state index contributed by atoms with van der Waals surface area (Å²) >= 11 is 0. The molecule has 2 aromatic carbocycles. The van der Waals surface area contributed by atoms with Crippen molar-refractivity contribution in [1.82, 2.24) is 5.32 Å². The van der Waals surface area contributed by atoms with E-state index in [0.717, 1.165) is 12.0 Å². The van der Waals surface area contributed by atoms with Crippen LogP contribution in [-0.2, 0) is 6.42 Å². The molecule has 0 aliphatic carbocycles. The van der Waals surface area contributed by atoms with Gasteiger partial charge in [0, 0.05) is 6.07 Å². The lowest BCUT2D eigenvalue weighted by Gasteiger charge is -2.13. The van der Waals surface area contributed by atoms with Gasteiger partial charge in [-0.15, -0.1) is 0 Å². The van der Waals surface area contributed by atoms with Crippen LogP contribution in [0.1, 0.15) is 12.5 Å². The highest BCUT2D eigenvalue weighted by Crippen LogP contribution is 2.28. The molecule has 0 spiro atoms. The third-order valence-electron chi connectivity index (χ3n) is 3.46. The normalized spacial score (nSPS) is 10.0. The number of amides is 2. The van der Waals surface area contributed by atoms with E-state index >= 15 is 0 Å². The van der Waals surface area contributed by atoms with Gasteiger partial charge in [0.2, 0.25) is 0 Å². The average molecular weight is 345 g/mol.